The van der Waals surface area contributed by atoms with Gasteiger partial charge in [-0.15, -0.1) is 11.3 Å². The van der Waals surface area contributed by atoms with Gasteiger partial charge in [-0.25, -0.2) is 9.78 Å². The van der Waals surface area contributed by atoms with Crippen LogP contribution in [-0.4, -0.2) is 40.3 Å². The van der Waals surface area contributed by atoms with Crippen LogP contribution in [0, 0.1) is 6.92 Å². The molecule has 1 atom stereocenters. The number of hydrogen-bond donors (Lipinski definition) is 2. The first-order valence-electron chi connectivity index (χ1n) is 12.9. The van der Waals surface area contributed by atoms with E-state index in [1.807, 2.05) is 57.2 Å². The molecule has 1 unspecified atom stereocenters. The van der Waals surface area contributed by atoms with Crippen molar-refractivity contribution < 1.29 is 24.2 Å². The number of halogens is 1. The van der Waals surface area contributed by atoms with Crippen molar-refractivity contribution in [3.8, 4) is 16.3 Å². The number of carboxylic acids is 1. The van der Waals surface area contributed by atoms with Gasteiger partial charge in [-0.3, -0.25) is 4.79 Å². The number of aliphatic carboxylic acids is 1. The molecule has 1 heterocycles. The van der Waals surface area contributed by atoms with E-state index in [1.54, 1.807) is 6.07 Å². The molecule has 2 N–H and O–H groups in total. The minimum absolute atomic E-state index is 0.144. The number of amides is 1. The van der Waals surface area contributed by atoms with Gasteiger partial charge in [-0.2, -0.15) is 0 Å². The quantitative estimate of drug-likeness (QED) is 0.282. The van der Waals surface area contributed by atoms with Gasteiger partial charge in [0.1, 0.15) is 16.5 Å². The highest BCUT2D eigenvalue weighted by atomic mass is 35.5. The van der Waals surface area contributed by atoms with Crippen LogP contribution in [0.4, 0.5) is 0 Å². The lowest BCUT2D eigenvalue weighted by Crippen LogP contribution is -2.29. The van der Waals surface area contributed by atoms with Gasteiger partial charge < -0.3 is 19.9 Å². The summed E-state index contributed by atoms with van der Waals surface area (Å²) in [6, 6.07) is 13.1. The third-order valence-electron chi connectivity index (χ3n) is 6.41. The molecule has 7 nitrogen and oxygen atoms in total. The van der Waals surface area contributed by atoms with Crippen LogP contribution in [0.3, 0.4) is 0 Å². The summed E-state index contributed by atoms with van der Waals surface area (Å²) in [6.07, 6.45) is 3.46. The fourth-order valence-corrected chi connectivity index (χ4v) is 5.78. The average Bonchev–Trinajstić information content (AvgIpc) is 3.53. The Morgan fingerprint density at radius 3 is 2.61 bits per heavy atom. The predicted octanol–water partition coefficient (Wildman–Crippen LogP) is 6.44. The molecule has 1 aliphatic carbocycles. The Hall–Kier alpha value is -2.94. The fraction of sp³-hybridized carbons (Fsp3) is 0.414. The summed E-state index contributed by atoms with van der Waals surface area (Å²) in [5, 5.41) is 13.9. The molecule has 0 aliphatic heterocycles. The number of rotatable bonds is 11. The highest BCUT2D eigenvalue weighted by Gasteiger charge is 2.23. The molecular weight excluding hydrogens is 524 g/mol. The minimum Gasteiger partial charge on any atom is -0.490 e. The number of thiazole rings is 1. The molecule has 1 aliphatic rings. The molecule has 0 bridgehead atoms. The third-order valence-corrected chi connectivity index (χ3v) is 7.74. The molecule has 4 rings (SSSR count). The summed E-state index contributed by atoms with van der Waals surface area (Å²) >= 11 is 7.76. The molecule has 1 fully saturated rings. The number of aromatic nitrogens is 1. The summed E-state index contributed by atoms with van der Waals surface area (Å²) in [5.41, 5.74) is 2.73. The van der Waals surface area contributed by atoms with Gasteiger partial charge in [-0.05, 0) is 64.2 Å². The number of benzene rings is 2. The molecule has 0 spiro atoms. The first-order valence-corrected chi connectivity index (χ1v) is 14.1. The zero-order chi connectivity index (χ0) is 27.2. The molecule has 38 heavy (non-hydrogen) atoms. The molecule has 0 saturated heterocycles. The lowest BCUT2D eigenvalue weighted by Gasteiger charge is -2.20. The van der Waals surface area contributed by atoms with Crippen molar-refractivity contribution in [2.45, 2.75) is 77.7 Å². The highest BCUT2D eigenvalue weighted by Crippen LogP contribution is 2.33. The van der Waals surface area contributed by atoms with Crippen molar-refractivity contribution in [2.24, 2.45) is 0 Å². The maximum Gasteiger partial charge on any atom is 0.333 e. The van der Waals surface area contributed by atoms with Crippen molar-refractivity contribution in [3.63, 3.8) is 0 Å². The van der Waals surface area contributed by atoms with E-state index in [2.05, 4.69) is 10.3 Å². The monoisotopic (exact) mass is 556 g/mol. The second kappa shape index (κ2) is 12.7. The van der Waals surface area contributed by atoms with Crippen LogP contribution in [0.5, 0.6) is 5.75 Å². The second-order valence-corrected chi connectivity index (χ2v) is 11.4. The standard InChI is InChI=1S/C29H33ClN2O5S/c1-17(2)36-25(29(34)35)15-19-12-13-24(37-21-8-4-5-9-21)20(14-19)16-31-27(33)26-18(3)38-28(32-26)22-10-6-7-11-23(22)30/h6-7,10-14,17,21,25H,4-5,8-9,15-16H2,1-3H3,(H,31,33)(H,34,35). The van der Waals surface area contributed by atoms with Gasteiger partial charge in [0.05, 0.1) is 17.2 Å². The molecule has 1 aromatic heterocycles. The number of nitrogens with zero attached hydrogens (tertiary/aromatic N) is 1. The Kier molecular flexibility index (Phi) is 9.41. The van der Waals surface area contributed by atoms with E-state index >= 15 is 0 Å². The number of carboxylic acid groups (broad SMARTS) is 1. The summed E-state index contributed by atoms with van der Waals surface area (Å²) in [6.45, 7) is 5.71. The van der Waals surface area contributed by atoms with Crippen LogP contribution < -0.4 is 10.1 Å². The molecule has 3 aromatic rings. The maximum atomic E-state index is 13.2. The van der Waals surface area contributed by atoms with Crippen LogP contribution in [0.1, 0.15) is 66.0 Å². The van der Waals surface area contributed by atoms with Crippen LogP contribution in [0.15, 0.2) is 42.5 Å². The van der Waals surface area contributed by atoms with Crippen molar-refractivity contribution in [1.82, 2.24) is 10.3 Å². The Morgan fingerprint density at radius 2 is 1.92 bits per heavy atom. The first-order chi connectivity index (χ1) is 18.2. The van der Waals surface area contributed by atoms with Gasteiger partial charge in [-0.1, -0.05) is 41.9 Å². The van der Waals surface area contributed by atoms with E-state index in [4.69, 9.17) is 21.1 Å². The smallest absolute Gasteiger partial charge is 0.333 e. The maximum absolute atomic E-state index is 13.2. The molecule has 2 aromatic carbocycles. The van der Waals surface area contributed by atoms with Crippen molar-refractivity contribution in [3.05, 3.63) is 69.2 Å². The molecule has 9 heteroatoms. The largest absolute Gasteiger partial charge is 0.490 e. The van der Waals surface area contributed by atoms with Crippen LogP contribution in [0.2, 0.25) is 5.02 Å². The van der Waals surface area contributed by atoms with Gasteiger partial charge in [0.15, 0.2) is 6.10 Å². The third kappa shape index (κ3) is 7.12. The number of carbonyl (C=O) groups is 2. The van der Waals surface area contributed by atoms with Crippen LogP contribution in [0.25, 0.3) is 10.6 Å². The Morgan fingerprint density at radius 1 is 1.18 bits per heavy atom. The fourth-order valence-electron chi connectivity index (χ4n) is 4.55. The van der Waals surface area contributed by atoms with E-state index in [-0.39, 0.29) is 31.1 Å². The van der Waals surface area contributed by atoms with Gasteiger partial charge in [0, 0.05) is 29.0 Å². The Balaban J connectivity index is 1.53. The number of ether oxygens (including phenoxy) is 2. The SMILES string of the molecule is Cc1sc(-c2ccccc2Cl)nc1C(=O)NCc1cc(CC(OC(C)C)C(=O)O)ccc1OC1CCCC1. The van der Waals surface area contributed by atoms with Crippen molar-refractivity contribution >= 4 is 34.8 Å². The Labute approximate surface area is 232 Å². The molecular formula is C29H33ClN2O5S. The number of aryl methyl sites for hydroxylation is 1. The van der Waals surface area contributed by atoms with Crippen LogP contribution >= 0.6 is 22.9 Å². The van der Waals surface area contributed by atoms with Crippen LogP contribution in [-0.2, 0) is 22.5 Å². The summed E-state index contributed by atoms with van der Waals surface area (Å²) in [7, 11) is 0. The lowest BCUT2D eigenvalue weighted by molar-refractivity contribution is -0.153. The van der Waals surface area contributed by atoms with E-state index in [0.717, 1.165) is 47.3 Å². The minimum atomic E-state index is -1.01. The number of carbonyl (C=O) groups excluding carboxylic acids is 1. The highest BCUT2D eigenvalue weighted by molar-refractivity contribution is 7.15. The summed E-state index contributed by atoms with van der Waals surface area (Å²) < 4.78 is 11.9. The van der Waals surface area contributed by atoms with E-state index in [1.165, 1.54) is 11.3 Å². The second-order valence-electron chi connectivity index (χ2n) is 9.77. The molecule has 1 amide bonds. The zero-order valence-electron chi connectivity index (χ0n) is 21.8. The molecule has 0 radical (unpaired) electrons. The molecule has 1 saturated carbocycles. The average molecular weight is 557 g/mol. The summed E-state index contributed by atoms with van der Waals surface area (Å²) in [5.74, 6) is -0.599. The van der Waals surface area contributed by atoms with E-state index < -0.39 is 12.1 Å². The number of hydrogen-bond acceptors (Lipinski definition) is 6. The Bertz CT molecular complexity index is 1290. The predicted molar refractivity (Wildman–Crippen MR) is 149 cm³/mol. The summed E-state index contributed by atoms with van der Waals surface area (Å²) in [4.78, 5) is 30.3. The topological polar surface area (TPSA) is 97.8 Å². The van der Waals surface area contributed by atoms with Gasteiger partial charge in [0.25, 0.3) is 5.91 Å². The van der Waals surface area contributed by atoms with E-state index in [9.17, 15) is 14.7 Å². The number of nitrogens with one attached hydrogen (secondary N) is 1. The van der Waals surface area contributed by atoms with Gasteiger partial charge in [0.2, 0.25) is 0 Å². The van der Waals surface area contributed by atoms with Crippen molar-refractivity contribution in [1.29, 1.82) is 0 Å². The van der Waals surface area contributed by atoms with Crippen molar-refractivity contribution in [2.75, 3.05) is 0 Å². The normalized spacial score (nSPS) is 14.6. The first kappa shape index (κ1) is 28.1. The van der Waals surface area contributed by atoms with Gasteiger partial charge >= 0.3 is 5.97 Å². The lowest BCUT2D eigenvalue weighted by atomic mass is 10.0. The molecule has 202 valence electrons. The zero-order valence-corrected chi connectivity index (χ0v) is 23.4. The van der Waals surface area contributed by atoms with E-state index in [0.29, 0.717) is 21.5 Å².